The summed E-state index contributed by atoms with van der Waals surface area (Å²) in [5.74, 6) is -0.725. The first-order valence-corrected chi connectivity index (χ1v) is 6.25. The van der Waals surface area contributed by atoms with Gasteiger partial charge < -0.3 is 5.73 Å². The molecule has 0 aliphatic carbocycles. The van der Waals surface area contributed by atoms with Gasteiger partial charge in [-0.2, -0.15) is 4.68 Å². The van der Waals surface area contributed by atoms with E-state index in [4.69, 9.17) is 5.73 Å². The zero-order valence-electron chi connectivity index (χ0n) is 10.7. The molecule has 1 amide bonds. The summed E-state index contributed by atoms with van der Waals surface area (Å²) >= 11 is 0. The van der Waals surface area contributed by atoms with Crippen LogP contribution in [0.1, 0.15) is 43.1 Å². The second kappa shape index (κ2) is 5.59. The van der Waals surface area contributed by atoms with Crippen molar-refractivity contribution in [3.8, 4) is 0 Å². The quantitative estimate of drug-likeness (QED) is 0.737. The van der Waals surface area contributed by atoms with Crippen molar-refractivity contribution >= 4 is 11.6 Å². The van der Waals surface area contributed by atoms with Crippen molar-refractivity contribution in [1.82, 2.24) is 24.4 Å². The number of carbonyl (C=O) groups excluding carboxylic acids is 1. The lowest BCUT2D eigenvalue weighted by Gasteiger charge is -2.03. The molecule has 2 aromatic rings. The number of imidazole rings is 1. The maximum absolute atomic E-state index is 12.1. The lowest BCUT2D eigenvalue weighted by molar-refractivity contribution is 0.0997. The molecule has 2 rings (SSSR count). The maximum Gasteiger partial charge on any atom is 0.352 e. The SMILES string of the molecule is CCCCCCn1nnc2c(C(N)=O)ncn2c1=O. The fourth-order valence-electron chi connectivity index (χ4n) is 1.84. The Balaban J connectivity index is 2.26. The average molecular weight is 264 g/mol. The van der Waals surface area contributed by atoms with E-state index >= 15 is 0 Å². The summed E-state index contributed by atoms with van der Waals surface area (Å²) in [6, 6.07) is 0. The smallest absolute Gasteiger partial charge is 0.352 e. The number of unbranched alkanes of at least 4 members (excludes halogenated alkanes) is 3. The van der Waals surface area contributed by atoms with Crippen LogP contribution < -0.4 is 11.4 Å². The summed E-state index contributed by atoms with van der Waals surface area (Å²) in [5, 5.41) is 7.64. The molecule has 0 atom stereocenters. The van der Waals surface area contributed by atoms with E-state index in [9.17, 15) is 9.59 Å². The van der Waals surface area contributed by atoms with Gasteiger partial charge in [-0.1, -0.05) is 31.4 Å². The number of nitrogens with two attached hydrogens (primary N) is 1. The number of amides is 1. The second-order valence-electron chi connectivity index (χ2n) is 4.31. The minimum atomic E-state index is -0.725. The number of carbonyl (C=O) groups is 1. The molecule has 0 aromatic carbocycles. The molecule has 0 fully saturated rings. The van der Waals surface area contributed by atoms with Crippen LogP contribution in [0.4, 0.5) is 0 Å². The molecule has 0 aliphatic rings. The zero-order valence-corrected chi connectivity index (χ0v) is 10.7. The second-order valence-corrected chi connectivity index (χ2v) is 4.31. The highest BCUT2D eigenvalue weighted by Gasteiger charge is 2.14. The van der Waals surface area contributed by atoms with E-state index in [1.54, 1.807) is 0 Å². The molecule has 0 saturated carbocycles. The molecule has 0 spiro atoms. The minimum absolute atomic E-state index is 0.0391. The topological polar surface area (TPSA) is 108 Å². The van der Waals surface area contributed by atoms with Crippen LogP contribution in [0.25, 0.3) is 5.65 Å². The highest BCUT2D eigenvalue weighted by atomic mass is 16.2. The number of hydrogen-bond acceptors (Lipinski definition) is 5. The van der Waals surface area contributed by atoms with Crippen LogP contribution in [0.2, 0.25) is 0 Å². The third-order valence-electron chi connectivity index (χ3n) is 2.87. The van der Waals surface area contributed by atoms with E-state index in [1.807, 2.05) is 0 Å². The van der Waals surface area contributed by atoms with E-state index in [0.717, 1.165) is 25.7 Å². The molecule has 0 saturated heterocycles. The van der Waals surface area contributed by atoms with Gasteiger partial charge in [-0.15, -0.1) is 5.10 Å². The normalized spacial score (nSPS) is 11.0. The molecular weight excluding hydrogens is 248 g/mol. The van der Waals surface area contributed by atoms with Gasteiger partial charge in [0.1, 0.15) is 6.33 Å². The Morgan fingerprint density at radius 1 is 1.37 bits per heavy atom. The van der Waals surface area contributed by atoms with Crippen LogP contribution in [-0.4, -0.2) is 30.3 Å². The Hall–Kier alpha value is -2.25. The summed E-state index contributed by atoms with van der Waals surface area (Å²) in [4.78, 5) is 26.9. The van der Waals surface area contributed by atoms with Crippen LogP contribution in [0, 0.1) is 0 Å². The molecule has 0 unspecified atom stereocenters. The van der Waals surface area contributed by atoms with Crippen molar-refractivity contribution in [2.75, 3.05) is 0 Å². The first-order valence-electron chi connectivity index (χ1n) is 6.25. The number of fused-ring (bicyclic) bond motifs is 1. The van der Waals surface area contributed by atoms with Crippen LogP contribution in [0.3, 0.4) is 0 Å². The highest BCUT2D eigenvalue weighted by Crippen LogP contribution is 2.02. The molecule has 2 heterocycles. The number of nitrogens with zero attached hydrogens (tertiary/aromatic N) is 5. The summed E-state index contributed by atoms with van der Waals surface area (Å²) < 4.78 is 2.46. The Labute approximate surface area is 109 Å². The van der Waals surface area contributed by atoms with Gasteiger partial charge in [0.2, 0.25) is 0 Å². The Morgan fingerprint density at radius 2 is 2.16 bits per heavy atom. The molecule has 0 radical (unpaired) electrons. The number of aryl methyl sites for hydroxylation is 1. The van der Waals surface area contributed by atoms with Gasteiger partial charge in [0, 0.05) is 6.54 Å². The van der Waals surface area contributed by atoms with Crippen molar-refractivity contribution < 1.29 is 4.79 Å². The lowest BCUT2D eigenvalue weighted by atomic mass is 10.2. The Morgan fingerprint density at radius 3 is 2.84 bits per heavy atom. The largest absolute Gasteiger partial charge is 0.364 e. The lowest BCUT2D eigenvalue weighted by Crippen LogP contribution is -2.30. The Bertz CT molecular complexity index is 644. The zero-order chi connectivity index (χ0) is 13.8. The highest BCUT2D eigenvalue weighted by molar-refractivity contribution is 5.96. The summed E-state index contributed by atoms with van der Waals surface area (Å²) in [6.07, 6.45) is 5.41. The maximum atomic E-state index is 12.1. The van der Waals surface area contributed by atoms with Crippen LogP contribution in [-0.2, 0) is 6.54 Å². The van der Waals surface area contributed by atoms with Crippen LogP contribution in [0.15, 0.2) is 11.1 Å². The van der Waals surface area contributed by atoms with Gasteiger partial charge >= 0.3 is 5.69 Å². The van der Waals surface area contributed by atoms with Gasteiger partial charge in [0.05, 0.1) is 0 Å². The number of rotatable bonds is 6. The summed E-state index contributed by atoms with van der Waals surface area (Å²) in [7, 11) is 0. The van der Waals surface area contributed by atoms with Gasteiger partial charge in [-0.3, -0.25) is 4.79 Å². The third-order valence-corrected chi connectivity index (χ3v) is 2.87. The van der Waals surface area contributed by atoms with Crippen molar-refractivity contribution in [3.05, 3.63) is 22.5 Å². The van der Waals surface area contributed by atoms with Crippen LogP contribution in [0.5, 0.6) is 0 Å². The van der Waals surface area contributed by atoms with Crippen molar-refractivity contribution in [2.24, 2.45) is 5.73 Å². The van der Waals surface area contributed by atoms with Crippen molar-refractivity contribution in [2.45, 2.75) is 39.2 Å². The van der Waals surface area contributed by atoms with E-state index in [-0.39, 0.29) is 17.0 Å². The monoisotopic (exact) mass is 264 g/mol. The van der Waals surface area contributed by atoms with E-state index in [1.165, 1.54) is 15.4 Å². The fourth-order valence-corrected chi connectivity index (χ4v) is 1.84. The molecule has 19 heavy (non-hydrogen) atoms. The molecule has 102 valence electrons. The minimum Gasteiger partial charge on any atom is -0.364 e. The van der Waals surface area contributed by atoms with Gasteiger partial charge in [0.15, 0.2) is 11.3 Å². The molecule has 2 N–H and O–H groups in total. The predicted octanol–water partition coefficient (Wildman–Crippen LogP) is -0.0348. The van der Waals surface area contributed by atoms with E-state index in [2.05, 4.69) is 22.2 Å². The molecule has 0 aliphatic heterocycles. The first kappa shape index (κ1) is 13.2. The van der Waals surface area contributed by atoms with E-state index in [0.29, 0.717) is 6.54 Å². The summed E-state index contributed by atoms with van der Waals surface area (Å²) in [6.45, 7) is 2.63. The molecule has 0 bridgehead atoms. The predicted molar refractivity (Wildman–Crippen MR) is 67.7 cm³/mol. The van der Waals surface area contributed by atoms with Crippen molar-refractivity contribution in [1.29, 1.82) is 0 Å². The van der Waals surface area contributed by atoms with Crippen LogP contribution >= 0.6 is 0 Å². The van der Waals surface area contributed by atoms with Gasteiger partial charge in [-0.05, 0) is 6.42 Å². The number of primary amides is 1. The number of hydrogen-bond donors (Lipinski definition) is 1. The van der Waals surface area contributed by atoms with E-state index < -0.39 is 5.91 Å². The standard InChI is InChI=1S/C11H16N6O2/c1-2-3-4-5-6-17-11(19)16-7-13-8(9(12)18)10(16)14-15-17/h7H,2-6H2,1H3,(H2,12,18). The van der Waals surface area contributed by atoms with Gasteiger partial charge in [-0.25, -0.2) is 14.2 Å². The molecule has 2 aromatic heterocycles. The third kappa shape index (κ3) is 2.61. The Kier molecular flexibility index (Phi) is 3.88. The van der Waals surface area contributed by atoms with Crippen molar-refractivity contribution in [3.63, 3.8) is 0 Å². The van der Waals surface area contributed by atoms with Gasteiger partial charge in [0.25, 0.3) is 5.91 Å². The fraction of sp³-hybridized carbons (Fsp3) is 0.545. The first-order chi connectivity index (χ1) is 9.15. The summed E-state index contributed by atoms with van der Waals surface area (Å²) in [5.41, 5.74) is 4.84. The number of aromatic nitrogens is 5. The molecular formula is C11H16N6O2. The molecule has 8 heteroatoms. The average Bonchev–Trinajstić information content (AvgIpc) is 2.81. The molecule has 8 nitrogen and oxygen atoms in total.